The number of halogens is 2. The van der Waals surface area contributed by atoms with Crippen LogP contribution in [0.1, 0.15) is 17.5 Å². The third-order valence-corrected chi connectivity index (χ3v) is 5.14. The van der Waals surface area contributed by atoms with E-state index >= 15 is 0 Å². The van der Waals surface area contributed by atoms with Gasteiger partial charge in [0.05, 0.1) is 24.2 Å². The first-order chi connectivity index (χ1) is 13.1. The molecule has 0 aromatic heterocycles. The SMILES string of the molecule is O=C(NCc1cc(Cl)c2c(c1)OCCCO2)[C@H]1COc2ccc(Cl)cc2C1. The number of carbonyl (C=O) groups is 1. The summed E-state index contributed by atoms with van der Waals surface area (Å²) in [7, 11) is 0. The van der Waals surface area contributed by atoms with E-state index < -0.39 is 0 Å². The lowest BCUT2D eigenvalue weighted by molar-refractivity contribution is -0.126. The standard InChI is InChI=1S/C20H19Cl2NO4/c21-15-2-3-17-13(9-15)8-14(11-27-17)20(24)23-10-12-6-16(22)19-18(7-12)25-4-1-5-26-19/h2-3,6-7,9,14H,1,4-5,8,10-11H2,(H,23,24)/t14-/m1/s1. The van der Waals surface area contributed by atoms with Crippen molar-refractivity contribution in [2.75, 3.05) is 19.8 Å². The van der Waals surface area contributed by atoms with Gasteiger partial charge in [-0.25, -0.2) is 0 Å². The molecule has 0 radical (unpaired) electrons. The van der Waals surface area contributed by atoms with Gasteiger partial charge >= 0.3 is 0 Å². The van der Waals surface area contributed by atoms with Crippen molar-refractivity contribution in [2.45, 2.75) is 19.4 Å². The third kappa shape index (κ3) is 4.09. The normalized spacial score (nSPS) is 18.1. The molecule has 27 heavy (non-hydrogen) atoms. The molecule has 142 valence electrons. The van der Waals surface area contributed by atoms with Crippen molar-refractivity contribution in [3.05, 3.63) is 51.5 Å². The van der Waals surface area contributed by atoms with Gasteiger partial charge in [0.1, 0.15) is 12.4 Å². The smallest absolute Gasteiger partial charge is 0.227 e. The predicted molar refractivity (Wildman–Crippen MR) is 103 cm³/mol. The molecular formula is C20H19Cl2NO4. The van der Waals surface area contributed by atoms with E-state index in [1.54, 1.807) is 12.1 Å². The number of nitrogens with one attached hydrogen (secondary N) is 1. The second-order valence-electron chi connectivity index (χ2n) is 6.64. The lowest BCUT2D eigenvalue weighted by Gasteiger charge is -2.24. The summed E-state index contributed by atoms with van der Waals surface area (Å²) in [6.07, 6.45) is 1.41. The summed E-state index contributed by atoms with van der Waals surface area (Å²) >= 11 is 12.3. The zero-order chi connectivity index (χ0) is 18.8. The Kier molecular flexibility index (Phi) is 5.32. The molecule has 0 bridgehead atoms. The van der Waals surface area contributed by atoms with Crippen LogP contribution < -0.4 is 19.5 Å². The average molecular weight is 408 g/mol. The Hall–Kier alpha value is -2.11. The minimum Gasteiger partial charge on any atom is -0.492 e. The topological polar surface area (TPSA) is 56.8 Å². The van der Waals surface area contributed by atoms with Gasteiger partial charge in [-0.3, -0.25) is 4.79 Å². The van der Waals surface area contributed by atoms with Crippen molar-refractivity contribution in [1.29, 1.82) is 0 Å². The van der Waals surface area contributed by atoms with Crippen LogP contribution in [0.25, 0.3) is 0 Å². The lowest BCUT2D eigenvalue weighted by atomic mass is 9.96. The number of fused-ring (bicyclic) bond motifs is 2. The maximum atomic E-state index is 12.6. The molecular weight excluding hydrogens is 389 g/mol. The molecule has 0 saturated heterocycles. The largest absolute Gasteiger partial charge is 0.492 e. The monoisotopic (exact) mass is 407 g/mol. The summed E-state index contributed by atoms with van der Waals surface area (Å²) in [5, 5.41) is 4.09. The first-order valence-corrected chi connectivity index (χ1v) is 9.62. The Morgan fingerprint density at radius 3 is 2.81 bits per heavy atom. The fourth-order valence-corrected chi connectivity index (χ4v) is 3.73. The fourth-order valence-electron chi connectivity index (χ4n) is 3.25. The van der Waals surface area contributed by atoms with Gasteiger partial charge in [0, 0.05) is 18.0 Å². The van der Waals surface area contributed by atoms with Gasteiger partial charge in [0.15, 0.2) is 11.5 Å². The first-order valence-electron chi connectivity index (χ1n) is 8.87. The highest BCUT2D eigenvalue weighted by atomic mass is 35.5. The number of amides is 1. The fraction of sp³-hybridized carbons (Fsp3) is 0.350. The van der Waals surface area contributed by atoms with Crippen molar-refractivity contribution in [3.63, 3.8) is 0 Å². The Balaban J connectivity index is 1.41. The molecule has 2 aromatic rings. The maximum Gasteiger partial charge on any atom is 0.227 e. The highest BCUT2D eigenvalue weighted by molar-refractivity contribution is 6.32. The Morgan fingerprint density at radius 1 is 1.07 bits per heavy atom. The molecule has 0 aliphatic carbocycles. The average Bonchev–Trinajstić information content (AvgIpc) is 2.91. The van der Waals surface area contributed by atoms with Crippen LogP contribution in [-0.4, -0.2) is 25.7 Å². The lowest BCUT2D eigenvalue weighted by Crippen LogP contribution is -2.37. The summed E-state index contributed by atoms with van der Waals surface area (Å²) in [5.74, 6) is 1.65. The minimum atomic E-state index is -0.258. The summed E-state index contributed by atoms with van der Waals surface area (Å²) in [6, 6.07) is 9.13. The number of hydrogen-bond donors (Lipinski definition) is 1. The number of ether oxygens (including phenoxy) is 3. The van der Waals surface area contributed by atoms with Gasteiger partial charge in [-0.15, -0.1) is 0 Å². The van der Waals surface area contributed by atoms with Crippen LogP contribution in [0.15, 0.2) is 30.3 Å². The van der Waals surface area contributed by atoms with Gasteiger partial charge in [0.25, 0.3) is 0 Å². The number of benzene rings is 2. The maximum absolute atomic E-state index is 12.6. The summed E-state index contributed by atoms with van der Waals surface area (Å²) in [5.41, 5.74) is 1.81. The van der Waals surface area contributed by atoms with E-state index in [9.17, 15) is 4.79 Å². The molecule has 1 atom stereocenters. The molecule has 1 amide bonds. The van der Waals surface area contributed by atoms with Crippen LogP contribution >= 0.6 is 23.2 Å². The molecule has 2 aliphatic rings. The van der Waals surface area contributed by atoms with E-state index in [2.05, 4.69) is 5.32 Å². The highest BCUT2D eigenvalue weighted by Crippen LogP contribution is 2.38. The van der Waals surface area contributed by atoms with Crippen molar-refractivity contribution < 1.29 is 19.0 Å². The van der Waals surface area contributed by atoms with Crippen molar-refractivity contribution in [2.24, 2.45) is 5.92 Å². The van der Waals surface area contributed by atoms with Crippen LogP contribution in [-0.2, 0) is 17.8 Å². The zero-order valence-electron chi connectivity index (χ0n) is 14.6. The zero-order valence-corrected chi connectivity index (χ0v) is 16.1. The molecule has 0 unspecified atom stereocenters. The van der Waals surface area contributed by atoms with E-state index in [-0.39, 0.29) is 11.8 Å². The quantitative estimate of drug-likeness (QED) is 0.834. The third-order valence-electron chi connectivity index (χ3n) is 4.63. The molecule has 0 spiro atoms. The molecule has 2 aliphatic heterocycles. The molecule has 0 fully saturated rings. The van der Waals surface area contributed by atoms with E-state index in [1.807, 2.05) is 18.2 Å². The number of rotatable bonds is 3. The molecule has 7 heteroatoms. The molecule has 1 N–H and O–H groups in total. The predicted octanol–water partition coefficient (Wildman–Crippen LogP) is 4.02. The molecule has 5 nitrogen and oxygen atoms in total. The Labute approximate surface area is 167 Å². The summed E-state index contributed by atoms with van der Waals surface area (Å²) in [4.78, 5) is 12.6. The van der Waals surface area contributed by atoms with E-state index in [0.717, 1.165) is 23.3 Å². The second kappa shape index (κ2) is 7.87. The second-order valence-corrected chi connectivity index (χ2v) is 7.48. The van der Waals surface area contributed by atoms with E-state index in [0.29, 0.717) is 54.3 Å². The Bertz CT molecular complexity index is 871. The van der Waals surface area contributed by atoms with Gasteiger partial charge in [-0.1, -0.05) is 23.2 Å². The number of carbonyl (C=O) groups excluding carboxylic acids is 1. The first kappa shape index (κ1) is 18.3. The van der Waals surface area contributed by atoms with Gasteiger partial charge in [-0.2, -0.15) is 0 Å². The van der Waals surface area contributed by atoms with Crippen molar-refractivity contribution >= 4 is 29.1 Å². The molecule has 4 rings (SSSR count). The van der Waals surface area contributed by atoms with Crippen molar-refractivity contribution in [3.8, 4) is 17.2 Å². The van der Waals surface area contributed by atoms with Crippen LogP contribution in [0.4, 0.5) is 0 Å². The van der Waals surface area contributed by atoms with Gasteiger partial charge in [0.2, 0.25) is 5.91 Å². The number of hydrogen-bond acceptors (Lipinski definition) is 4. The minimum absolute atomic E-state index is 0.0659. The van der Waals surface area contributed by atoms with Crippen LogP contribution in [0.2, 0.25) is 10.0 Å². The van der Waals surface area contributed by atoms with Crippen LogP contribution in [0, 0.1) is 5.92 Å². The highest BCUT2D eigenvalue weighted by Gasteiger charge is 2.26. The van der Waals surface area contributed by atoms with Crippen LogP contribution in [0.3, 0.4) is 0 Å². The van der Waals surface area contributed by atoms with E-state index in [1.165, 1.54) is 0 Å². The van der Waals surface area contributed by atoms with Crippen molar-refractivity contribution in [1.82, 2.24) is 5.32 Å². The van der Waals surface area contributed by atoms with Gasteiger partial charge in [-0.05, 0) is 47.9 Å². The molecule has 2 aromatic carbocycles. The summed E-state index contributed by atoms with van der Waals surface area (Å²) in [6.45, 7) is 1.87. The van der Waals surface area contributed by atoms with Crippen LogP contribution in [0.5, 0.6) is 17.2 Å². The Morgan fingerprint density at radius 2 is 1.93 bits per heavy atom. The molecule has 2 heterocycles. The van der Waals surface area contributed by atoms with E-state index in [4.69, 9.17) is 37.4 Å². The van der Waals surface area contributed by atoms with Gasteiger partial charge < -0.3 is 19.5 Å². The molecule has 0 saturated carbocycles. The summed E-state index contributed by atoms with van der Waals surface area (Å²) < 4.78 is 17.0.